The Bertz CT molecular complexity index is 1080. The van der Waals surface area contributed by atoms with Crippen molar-refractivity contribution in [3.63, 3.8) is 0 Å². The number of hydrogen-bond donors (Lipinski definition) is 1. The number of aryl methyl sites for hydroxylation is 1. The van der Waals surface area contributed by atoms with Gasteiger partial charge in [0.05, 0.1) is 10.6 Å². The van der Waals surface area contributed by atoms with Crippen LogP contribution in [0.5, 0.6) is 0 Å². The van der Waals surface area contributed by atoms with E-state index < -0.39 is 10.0 Å². The minimum absolute atomic E-state index is 0.0189. The fourth-order valence-electron chi connectivity index (χ4n) is 4.24. The van der Waals surface area contributed by atoms with E-state index in [0.29, 0.717) is 18.0 Å². The molecule has 0 bridgehead atoms. The Labute approximate surface area is 195 Å². The lowest BCUT2D eigenvalue weighted by atomic mass is 9.95. The van der Waals surface area contributed by atoms with Gasteiger partial charge in [-0.05, 0) is 75.8 Å². The zero-order chi connectivity index (χ0) is 23.6. The van der Waals surface area contributed by atoms with Gasteiger partial charge < -0.3 is 9.80 Å². The SMILES string of the molecule is Cc1csc(N2CCCN(C(=O)CCNS(=O)(=O)c3c(C)c(C)c(C)c(C)c3C)CC2)n1. The van der Waals surface area contributed by atoms with Gasteiger partial charge in [0.25, 0.3) is 0 Å². The number of carbonyl (C=O) groups excluding carboxylic acids is 1. The Kier molecular flexibility index (Phi) is 7.62. The highest BCUT2D eigenvalue weighted by Crippen LogP contribution is 2.29. The summed E-state index contributed by atoms with van der Waals surface area (Å²) in [7, 11) is -3.70. The summed E-state index contributed by atoms with van der Waals surface area (Å²) in [6.45, 7) is 14.6. The summed E-state index contributed by atoms with van der Waals surface area (Å²) in [5.74, 6) is -0.0189. The molecular weight excluding hydrogens is 444 g/mol. The lowest BCUT2D eigenvalue weighted by Crippen LogP contribution is -2.37. The number of hydrogen-bond acceptors (Lipinski definition) is 6. The molecule has 1 fully saturated rings. The third kappa shape index (κ3) is 5.15. The number of carbonyl (C=O) groups is 1. The molecular formula is C23H34N4O3S2. The first-order valence-electron chi connectivity index (χ1n) is 11.0. The van der Waals surface area contributed by atoms with Crippen molar-refractivity contribution in [3.8, 4) is 0 Å². The summed E-state index contributed by atoms with van der Waals surface area (Å²) in [6.07, 6.45) is 1.02. The van der Waals surface area contributed by atoms with Gasteiger partial charge in [0.1, 0.15) is 0 Å². The molecule has 7 nitrogen and oxygen atoms in total. The van der Waals surface area contributed by atoms with Crippen LogP contribution in [-0.4, -0.2) is 56.9 Å². The summed E-state index contributed by atoms with van der Waals surface area (Å²) in [4.78, 5) is 21.7. The summed E-state index contributed by atoms with van der Waals surface area (Å²) in [5.41, 5.74) is 5.67. The molecule has 1 aliphatic rings. The Morgan fingerprint density at radius 3 is 2.19 bits per heavy atom. The molecule has 0 atom stereocenters. The largest absolute Gasteiger partial charge is 0.346 e. The van der Waals surface area contributed by atoms with Gasteiger partial charge in [-0.15, -0.1) is 11.3 Å². The van der Waals surface area contributed by atoms with Gasteiger partial charge in [-0.2, -0.15) is 0 Å². The second kappa shape index (κ2) is 9.89. The summed E-state index contributed by atoms with van der Waals surface area (Å²) in [5, 5.41) is 3.04. The maximum Gasteiger partial charge on any atom is 0.241 e. The Morgan fingerprint density at radius 1 is 0.969 bits per heavy atom. The summed E-state index contributed by atoms with van der Waals surface area (Å²) in [6, 6.07) is 0. The molecule has 1 aromatic heterocycles. The van der Waals surface area contributed by atoms with Crippen LogP contribution in [0.15, 0.2) is 10.3 Å². The Hall–Kier alpha value is -1.97. The highest BCUT2D eigenvalue weighted by Gasteiger charge is 2.25. The van der Waals surface area contributed by atoms with Gasteiger partial charge >= 0.3 is 0 Å². The smallest absolute Gasteiger partial charge is 0.241 e. The lowest BCUT2D eigenvalue weighted by Gasteiger charge is -2.22. The highest BCUT2D eigenvalue weighted by molar-refractivity contribution is 7.89. The average Bonchev–Trinajstić information content (AvgIpc) is 3.02. The number of nitrogens with zero attached hydrogens (tertiary/aromatic N) is 3. The van der Waals surface area contributed by atoms with Crippen molar-refractivity contribution in [3.05, 3.63) is 38.9 Å². The molecule has 0 aliphatic carbocycles. The predicted octanol–water partition coefficient (Wildman–Crippen LogP) is 3.40. The molecule has 1 amide bonds. The number of anilines is 1. The molecule has 0 spiro atoms. The van der Waals surface area contributed by atoms with Crippen LogP contribution < -0.4 is 9.62 Å². The molecule has 1 saturated heterocycles. The first-order valence-corrected chi connectivity index (χ1v) is 13.4. The molecule has 0 radical (unpaired) electrons. The highest BCUT2D eigenvalue weighted by atomic mass is 32.2. The van der Waals surface area contributed by atoms with Crippen molar-refractivity contribution >= 4 is 32.4 Å². The first kappa shape index (κ1) is 24.7. The van der Waals surface area contributed by atoms with E-state index in [1.54, 1.807) is 11.3 Å². The van der Waals surface area contributed by atoms with Gasteiger partial charge in [-0.25, -0.2) is 18.1 Å². The van der Waals surface area contributed by atoms with Crippen LogP contribution in [-0.2, 0) is 14.8 Å². The van der Waals surface area contributed by atoms with E-state index in [1.165, 1.54) is 0 Å². The van der Waals surface area contributed by atoms with Crippen molar-refractivity contribution in [2.45, 2.75) is 59.3 Å². The van der Waals surface area contributed by atoms with Crippen molar-refractivity contribution < 1.29 is 13.2 Å². The molecule has 1 N–H and O–H groups in total. The lowest BCUT2D eigenvalue weighted by molar-refractivity contribution is -0.130. The minimum atomic E-state index is -3.70. The molecule has 176 valence electrons. The zero-order valence-corrected chi connectivity index (χ0v) is 21.5. The molecule has 2 heterocycles. The zero-order valence-electron chi connectivity index (χ0n) is 19.9. The number of benzene rings is 1. The molecule has 1 aliphatic heterocycles. The van der Waals surface area contributed by atoms with Crippen molar-refractivity contribution in [1.29, 1.82) is 0 Å². The van der Waals surface area contributed by atoms with Crippen LogP contribution in [0.1, 0.15) is 46.4 Å². The standard InChI is InChI=1S/C23H34N4O3S2/c1-15-14-31-23(25-15)27-11-7-10-26(12-13-27)21(28)8-9-24-32(29,30)22-19(5)17(3)16(2)18(4)20(22)6/h14,24H,7-13H2,1-6H3. The Morgan fingerprint density at radius 2 is 1.59 bits per heavy atom. The fourth-order valence-corrected chi connectivity index (χ4v) is 6.72. The van der Waals surface area contributed by atoms with E-state index in [9.17, 15) is 13.2 Å². The third-order valence-corrected chi connectivity index (χ3v) is 9.31. The maximum atomic E-state index is 13.1. The maximum absolute atomic E-state index is 13.1. The topological polar surface area (TPSA) is 82.6 Å². The fraction of sp³-hybridized carbons (Fsp3) is 0.565. The number of sulfonamides is 1. The quantitative estimate of drug-likeness (QED) is 0.688. The molecule has 1 aromatic carbocycles. The number of aromatic nitrogens is 1. The van der Waals surface area contributed by atoms with E-state index in [2.05, 4.69) is 14.6 Å². The molecule has 0 unspecified atom stereocenters. The van der Waals surface area contributed by atoms with Crippen LogP contribution in [0.3, 0.4) is 0 Å². The van der Waals surface area contributed by atoms with Crippen LogP contribution in [0.2, 0.25) is 0 Å². The summed E-state index contributed by atoms with van der Waals surface area (Å²) < 4.78 is 28.8. The van der Waals surface area contributed by atoms with Crippen LogP contribution in [0.25, 0.3) is 0 Å². The van der Waals surface area contributed by atoms with Gasteiger partial charge in [-0.1, -0.05) is 0 Å². The monoisotopic (exact) mass is 478 g/mol. The predicted molar refractivity (Wildman–Crippen MR) is 130 cm³/mol. The first-order chi connectivity index (χ1) is 15.0. The van der Waals surface area contributed by atoms with Crippen molar-refractivity contribution in [2.75, 3.05) is 37.6 Å². The molecule has 9 heteroatoms. The average molecular weight is 479 g/mol. The van der Waals surface area contributed by atoms with Crippen molar-refractivity contribution in [2.24, 2.45) is 0 Å². The molecule has 32 heavy (non-hydrogen) atoms. The molecule has 2 aromatic rings. The van der Waals surface area contributed by atoms with Gasteiger partial charge in [0.2, 0.25) is 15.9 Å². The van der Waals surface area contributed by atoms with Crippen LogP contribution in [0.4, 0.5) is 5.13 Å². The van der Waals surface area contributed by atoms with Crippen molar-refractivity contribution in [1.82, 2.24) is 14.6 Å². The number of thiazole rings is 1. The minimum Gasteiger partial charge on any atom is -0.346 e. The van der Waals surface area contributed by atoms with E-state index in [4.69, 9.17) is 0 Å². The number of nitrogens with one attached hydrogen (secondary N) is 1. The van der Waals surface area contributed by atoms with Gasteiger partial charge in [0, 0.05) is 44.5 Å². The van der Waals surface area contributed by atoms with Gasteiger partial charge in [-0.3, -0.25) is 4.79 Å². The second-order valence-electron chi connectivity index (χ2n) is 8.59. The molecule has 3 rings (SSSR count). The van der Waals surface area contributed by atoms with Crippen LogP contribution in [0, 0.1) is 41.5 Å². The number of rotatable bonds is 6. The van der Waals surface area contributed by atoms with Crippen LogP contribution >= 0.6 is 11.3 Å². The van der Waals surface area contributed by atoms with E-state index in [1.807, 2.05) is 51.8 Å². The number of amides is 1. The van der Waals surface area contributed by atoms with E-state index in [-0.39, 0.29) is 18.9 Å². The molecule has 0 saturated carbocycles. The normalized spacial score (nSPS) is 15.2. The van der Waals surface area contributed by atoms with E-state index in [0.717, 1.165) is 58.2 Å². The van der Waals surface area contributed by atoms with Gasteiger partial charge in [0.15, 0.2) is 5.13 Å². The Balaban J connectivity index is 1.60. The summed E-state index contributed by atoms with van der Waals surface area (Å²) >= 11 is 1.63. The van der Waals surface area contributed by atoms with E-state index >= 15 is 0 Å². The third-order valence-electron chi connectivity index (χ3n) is 6.56. The second-order valence-corrected chi connectivity index (χ2v) is 11.1.